The summed E-state index contributed by atoms with van der Waals surface area (Å²) in [7, 11) is 0. The number of alkyl halides is 3. The molecule has 3 aromatic heterocycles. The highest BCUT2D eigenvalue weighted by atomic mass is 19.4. The summed E-state index contributed by atoms with van der Waals surface area (Å²) in [5.41, 5.74) is 0.824. The maximum atomic E-state index is 13.3. The van der Waals surface area contributed by atoms with E-state index < -0.39 is 17.7 Å². The maximum Gasteiger partial charge on any atom is 0.391 e. The van der Waals surface area contributed by atoms with E-state index >= 15 is 0 Å². The van der Waals surface area contributed by atoms with E-state index in [9.17, 15) is 18.0 Å². The Morgan fingerprint density at radius 1 is 1.20 bits per heavy atom. The van der Waals surface area contributed by atoms with E-state index in [1.807, 2.05) is 13.0 Å². The van der Waals surface area contributed by atoms with Crippen LogP contribution in [0.2, 0.25) is 0 Å². The number of aromatic nitrogens is 5. The van der Waals surface area contributed by atoms with Crippen LogP contribution in [0.3, 0.4) is 0 Å². The molecule has 3 aromatic rings. The van der Waals surface area contributed by atoms with Crippen LogP contribution in [0.5, 0.6) is 0 Å². The Balaban J connectivity index is 1.84. The zero-order valence-electron chi connectivity index (χ0n) is 16.2. The molecule has 156 valence electrons. The summed E-state index contributed by atoms with van der Waals surface area (Å²) in [6.45, 7) is 2.46. The van der Waals surface area contributed by atoms with Crippen molar-refractivity contribution in [1.29, 1.82) is 5.26 Å². The molecular weight excluding hydrogens is 397 g/mol. The van der Waals surface area contributed by atoms with E-state index in [4.69, 9.17) is 5.26 Å². The fraction of sp³-hybridized carbons (Fsp3) is 0.450. The zero-order chi connectivity index (χ0) is 21.5. The molecule has 3 heterocycles. The second-order valence-corrected chi connectivity index (χ2v) is 7.42. The summed E-state index contributed by atoms with van der Waals surface area (Å²) in [5.74, 6) is -1.21. The van der Waals surface area contributed by atoms with Gasteiger partial charge in [-0.05, 0) is 44.7 Å². The van der Waals surface area contributed by atoms with Gasteiger partial charge in [-0.3, -0.25) is 9.36 Å². The second kappa shape index (κ2) is 7.55. The Bertz CT molecular complexity index is 1160. The van der Waals surface area contributed by atoms with Gasteiger partial charge in [0.05, 0.1) is 24.1 Å². The molecule has 0 spiro atoms. The van der Waals surface area contributed by atoms with Gasteiger partial charge >= 0.3 is 6.18 Å². The largest absolute Gasteiger partial charge is 0.391 e. The summed E-state index contributed by atoms with van der Waals surface area (Å²) in [6.07, 6.45) is -0.709. The Morgan fingerprint density at radius 2 is 1.93 bits per heavy atom. The van der Waals surface area contributed by atoms with Crippen molar-refractivity contribution in [2.75, 3.05) is 0 Å². The fourth-order valence-electron chi connectivity index (χ4n) is 4.03. The number of halogens is 3. The van der Waals surface area contributed by atoms with E-state index in [-0.39, 0.29) is 42.8 Å². The van der Waals surface area contributed by atoms with Crippen LogP contribution in [0.15, 0.2) is 29.5 Å². The van der Waals surface area contributed by atoms with Crippen LogP contribution < -0.4 is 5.56 Å². The molecular formula is C20H19F3N6O. The van der Waals surface area contributed by atoms with E-state index in [1.54, 1.807) is 10.6 Å². The lowest BCUT2D eigenvalue weighted by Gasteiger charge is -2.30. The van der Waals surface area contributed by atoms with Gasteiger partial charge in [0.1, 0.15) is 17.6 Å². The Morgan fingerprint density at radius 3 is 2.50 bits per heavy atom. The summed E-state index contributed by atoms with van der Waals surface area (Å²) in [6, 6.07) is 4.99. The number of pyridine rings is 1. The molecule has 0 aliphatic heterocycles. The predicted molar refractivity (Wildman–Crippen MR) is 102 cm³/mol. The molecule has 1 aliphatic rings. The van der Waals surface area contributed by atoms with Crippen molar-refractivity contribution < 1.29 is 13.2 Å². The van der Waals surface area contributed by atoms with E-state index in [0.29, 0.717) is 23.7 Å². The summed E-state index contributed by atoms with van der Waals surface area (Å²) >= 11 is 0. The molecule has 0 saturated heterocycles. The third kappa shape index (κ3) is 3.44. The molecule has 0 unspecified atom stereocenters. The van der Waals surface area contributed by atoms with Crippen molar-refractivity contribution in [3.05, 3.63) is 46.5 Å². The maximum absolute atomic E-state index is 13.3. The van der Waals surface area contributed by atoms with Crippen LogP contribution in [0, 0.1) is 17.2 Å². The zero-order valence-corrected chi connectivity index (χ0v) is 16.2. The van der Waals surface area contributed by atoms with Crippen molar-refractivity contribution in [2.24, 2.45) is 5.92 Å². The highest BCUT2D eigenvalue weighted by Gasteiger charge is 2.42. The second-order valence-electron chi connectivity index (χ2n) is 7.42. The average molecular weight is 416 g/mol. The van der Waals surface area contributed by atoms with Crippen LogP contribution in [0.1, 0.15) is 50.0 Å². The van der Waals surface area contributed by atoms with Crippen LogP contribution in [-0.2, 0) is 6.54 Å². The van der Waals surface area contributed by atoms with Gasteiger partial charge in [-0.1, -0.05) is 0 Å². The normalized spacial score (nSPS) is 19.7. The first-order valence-corrected chi connectivity index (χ1v) is 9.74. The smallest absolute Gasteiger partial charge is 0.315 e. The van der Waals surface area contributed by atoms with Gasteiger partial charge in [0.2, 0.25) is 0 Å². The Hall–Kier alpha value is -3.22. The third-order valence-corrected chi connectivity index (χ3v) is 5.68. The first-order valence-electron chi connectivity index (χ1n) is 9.74. The molecule has 0 amide bonds. The van der Waals surface area contributed by atoms with Gasteiger partial charge in [-0.2, -0.15) is 18.4 Å². The van der Waals surface area contributed by atoms with Gasteiger partial charge in [0.15, 0.2) is 11.2 Å². The number of imidazole rings is 1. The quantitative estimate of drug-likeness (QED) is 0.649. The van der Waals surface area contributed by atoms with Crippen molar-refractivity contribution in [2.45, 2.75) is 51.2 Å². The minimum Gasteiger partial charge on any atom is -0.315 e. The van der Waals surface area contributed by atoms with E-state index in [2.05, 4.69) is 15.0 Å². The molecule has 1 fully saturated rings. The van der Waals surface area contributed by atoms with Crippen molar-refractivity contribution in [1.82, 2.24) is 24.1 Å². The standard InChI is InChI=1S/C20H19F3N6O/c1-2-28-11-26-16-18(28)27-17(12-3-5-13(6-4-12)20(21,22)23)29(19(16)30)15-8-7-14(9-24)25-10-15/h7-8,10-13H,2-6H2,1H3/t12-,13+. The topological polar surface area (TPSA) is 89.4 Å². The first kappa shape index (κ1) is 20.1. The average Bonchev–Trinajstić information content (AvgIpc) is 3.17. The van der Waals surface area contributed by atoms with E-state index in [1.165, 1.54) is 23.2 Å². The molecule has 0 bridgehead atoms. The van der Waals surface area contributed by atoms with Gasteiger partial charge in [0.25, 0.3) is 5.56 Å². The molecule has 0 N–H and O–H groups in total. The minimum atomic E-state index is -4.21. The number of hydrogen-bond acceptors (Lipinski definition) is 5. The van der Waals surface area contributed by atoms with Gasteiger partial charge in [0, 0.05) is 12.5 Å². The number of aryl methyl sites for hydroxylation is 1. The number of nitrogens with zero attached hydrogens (tertiary/aromatic N) is 6. The summed E-state index contributed by atoms with van der Waals surface area (Å²) in [4.78, 5) is 26.2. The van der Waals surface area contributed by atoms with Gasteiger partial charge in [-0.15, -0.1) is 0 Å². The Kier molecular flexibility index (Phi) is 5.05. The molecule has 7 nitrogen and oxygen atoms in total. The SMILES string of the molecule is CCn1cnc2c(=O)n(-c3ccc(C#N)nc3)c([C@H]3CC[C@@H](C(F)(F)F)CC3)nc21. The third-order valence-electron chi connectivity index (χ3n) is 5.68. The van der Waals surface area contributed by atoms with Gasteiger partial charge < -0.3 is 4.57 Å². The molecule has 0 aromatic carbocycles. The minimum absolute atomic E-state index is 0.000728. The molecule has 1 aliphatic carbocycles. The van der Waals surface area contributed by atoms with Crippen LogP contribution in [0.25, 0.3) is 16.9 Å². The van der Waals surface area contributed by atoms with Crippen molar-refractivity contribution >= 4 is 11.2 Å². The Labute approximate surface area is 169 Å². The van der Waals surface area contributed by atoms with Crippen molar-refractivity contribution in [3.63, 3.8) is 0 Å². The monoisotopic (exact) mass is 416 g/mol. The predicted octanol–water partition coefficient (Wildman–Crippen LogP) is 3.70. The lowest BCUT2D eigenvalue weighted by atomic mass is 9.81. The van der Waals surface area contributed by atoms with Crippen LogP contribution in [-0.4, -0.2) is 30.3 Å². The molecule has 0 atom stereocenters. The number of rotatable bonds is 3. The molecule has 1 saturated carbocycles. The highest BCUT2D eigenvalue weighted by molar-refractivity contribution is 5.70. The first-order chi connectivity index (χ1) is 14.3. The fourth-order valence-corrected chi connectivity index (χ4v) is 4.03. The van der Waals surface area contributed by atoms with Crippen molar-refractivity contribution in [3.8, 4) is 11.8 Å². The molecule has 10 heteroatoms. The van der Waals surface area contributed by atoms with Crippen LogP contribution in [0.4, 0.5) is 13.2 Å². The summed E-state index contributed by atoms with van der Waals surface area (Å²) in [5, 5.41) is 8.98. The molecule has 4 rings (SSSR count). The molecule has 30 heavy (non-hydrogen) atoms. The lowest BCUT2D eigenvalue weighted by molar-refractivity contribution is -0.182. The van der Waals surface area contributed by atoms with Crippen LogP contribution >= 0.6 is 0 Å². The lowest BCUT2D eigenvalue weighted by Crippen LogP contribution is -2.31. The van der Waals surface area contributed by atoms with E-state index in [0.717, 1.165) is 0 Å². The number of fused-ring (bicyclic) bond motifs is 1. The molecule has 0 radical (unpaired) electrons. The highest BCUT2D eigenvalue weighted by Crippen LogP contribution is 2.42. The van der Waals surface area contributed by atoms with Gasteiger partial charge in [-0.25, -0.2) is 15.0 Å². The number of nitriles is 1. The summed E-state index contributed by atoms with van der Waals surface area (Å²) < 4.78 is 42.4. The number of hydrogen-bond donors (Lipinski definition) is 0.